The molecule has 2 heterocycles. The Morgan fingerprint density at radius 3 is 2.65 bits per heavy atom. The van der Waals surface area contributed by atoms with Crippen LogP contribution in [0, 0.1) is 0 Å². The molecule has 0 saturated heterocycles. The van der Waals surface area contributed by atoms with Crippen LogP contribution in [0.2, 0.25) is 0 Å². The molecule has 0 saturated carbocycles. The summed E-state index contributed by atoms with van der Waals surface area (Å²) in [5.41, 5.74) is 9.15. The van der Waals surface area contributed by atoms with Crippen LogP contribution in [0.5, 0.6) is 0 Å². The maximum absolute atomic E-state index is 12.0. The Hall–Kier alpha value is -2.50. The molecule has 3 N–H and O–H groups in total. The van der Waals surface area contributed by atoms with Crippen LogP contribution < -0.4 is 11.4 Å². The molecule has 0 spiro atoms. The van der Waals surface area contributed by atoms with Gasteiger partial charge in [-0.15, -0.1) is 0 Å². The van der Waals surface area contributed by atoms with E-state index in [0.29, 0.717) is 5.82 Å². The summed E-state index contributed by atoms with van der Waals surface area (Å²) in [5.74, 6) is 0.605. The second kappa shape index (κ2) is 4.26. The molecule has 0 aliphatic rings. The molecule has 0 bridgehead atoms. The molecule has 0 aliphatic heterocycles. The number of nitrogens with zero attached hydrogens (tertiary/aromatic N) is 3. The first-order valence-electron chi connectivity index (χ1n) is 6.51. The smallest absolute Gasteiger partial charge is 0.326 e. The Bertz CT molecular complexity index is 817. The monoisotopic (exact) mass is 271 g/mol. The first-order chi connectivity index (χ1) is 9.47. The van der Waals surface area contributed by atoms with Crippen molar-refractivity contribution in [1.82, 2.24) is 19.3 Å². The second-order valence-corrected chi connectivity index (χ2v) is 5.20. The number of aromatic amines is 1. The van der Waals surface area contributed by atoms with Gasteiger partial charge in [0.1, 0.15) is 5.82 Å². The number of aryl methyl sites for hydroxylation is 1. The van der Waals surface area contributed by atoms with Gasteiger partial charge in [-0.1, -0.05) is 6.07 Å². The summed E-state index contributed by atoms with van der Waals surface area (Å²) in [6.45, 7) is 3.98. The number of nitrogen functional groups attached to an aromatic ring is 1. The lowest BCUT2D eigenvalue weighted by molar-refractivity contribution is 0.598. The standard InChI is InChI=1S/C14H17N5O/c1-8(2)19-12-5-4-9(6-11(12)16-14(19)20)10-7-13(15)18(3)17-10/h4-8H,15H2,1-3H3,(H,16,20). The minimum absolute atomic E-state index is 0.0901. The van der Waals surface area contributed by atoms with Crippen molar-refractivity contribution < 1.29 is 0 Å². The van der Waals surface area contributed by atoms with Gasteiger partial charge in [-0.3, -0.25) is 9.25 Å². The van der Waals surface area contributed by atoms with Gasteiger partial charge < -0.3 is 10.7 Å². The highest BCUT2D eigenvalue weighted by molar-refractivity contribution is 5.81. The molecule has 0 fully saturated rings. The number of benzene rings is 1. The Labute approximate surface area is 115 Å². The fourth-order valence-corrected chi connectivity index (χ4v) is 2.43. The number of imidazole rings is 1. The highest BCUT2D eigenvalue weighted by Crippen LogP contribution is 2.24. The third kappa shape index (κ3) is 1.80. The zero-order valence-electron chi connectivity index (χ0n) is 11.7. The van der Waals surface area contributed by atoms with E-state index >= 15 is 0 Å². The van der Waals surface area contributed by atoms with E-state index in [0.717, 1.165) is 22.3 Å². The Morgan fingerprint density at radius 1 is 1.30 bits per heavy atom. The number of H-pyrrole nitrogens is 1. The van der Waals surface area contributed by atoms with Crippen LogP contribution in [0.1, 0.15) is 19.9 Å². The van der Waals surface area contributed by atoms with E-state index in [1.165, 1.54) is 0 Å². The molecule has 6 heteroatoms. The first kappa shape index (κ1) is 12.5. The lowest BCUT2D eigenvalue weighted by Crippen LogP contribution is -2.18. The Kier molecular flexibility index (Phi) is 2.67. The van der Waals surface area contributed by atoms with Crippen LogP contribution in [0.4, 0.5) is 5.82 Å². The van der Waals surface area contributed by atoms with Crippen LogP contribution in [0.15, 0.2) is 29.1 Å². The van der Waals surface area contributed by atoms with Crippen molar-refractivity contribution in [2.75, 3.05) is 5.73 Å². The summed E-state index contributed by atoms with van der Waals surface area (Å²) in [6.07, 6.45) is 0. The Balaban J connectivity index is 2.19. The van der Waals surface area contributed by atoms with Crippen LogP contribution in [-0.2, 0) is 7.05 Å². The zero-order chi connectivity index (χ0) is 14.4. The molecule has 0 unspecified atom stereocenters. The fourth-order valence-electron chi connectivity index (χ4n) is 2.43. The predicted octanol–water partition coefficient (Wildman–Crippen LogP) is 1.89. The van der Waals surface area contributed by atoms with Gasteiger partial charge in [0.05, 0.1) is 16.7 Å². The number of aromatic nitrogens is 4. The Morgan fingerprint density at radius 2 is 2.05 bits per heavy atom. The molecule has 0 radical (unpaired) electrons. The lowest BCUT2D eigenvalue weighted by atomic mass is 10.1. The van der Waals surface area contributed by atoms with Crippen LogP contribution in [0.25, 0.3) is 22.3 Å². The third-order valence-electron chi connectivity index (χ3n) is 3.44. The molecular weight excluding hydrogens is 254 g/mol. The molecule has 3 aromatic rings. The first-order valence-corrected chi connectivity index (χ1v) is 6.51. The zero-order valence-corrected chi connectivity index (χ0v) is 11.7. The lowest BCUT2D eigenvalue weighted by Gasteiger charge is -2.06. The number of rotatable bonds is 2. The molecular formula is C14H17N5O. The maximum atomic E-state index is 12.0. The highest BCUT2D eigenvalue weighted by atomic mass is 16.1. The normalized spacial score (nSPS) is 11.6. The molecule has 6 nitrogen and oxygen atoms in total. The van der Waals surface area contributed by atoms with Crippen molar-refractivity contribution >= 4 is 16.9 Å². The number of fused-ring (bicyclic) bond motifs is 1. The van der Waals surface area contributed by atoms with E-state index in [2.05, 4.69) is 10.1 Å². The van der Waals surface area contributed by atoms with Crippen molar-refractivity contribution in [1.29, 1.82) is 0 Å². The molecule has 2 aromatic heterocycles. The number of hydrogen-bond donors (Lipinski definition) is 2. The number of hydrogen-bond acceptors (Lipinski definition) is 3. The highest BCUT2D eigenvalue weighted by Gasteiger charge is 2.11. The maximum Gasteiger partial charge on any atom is 0.326 e. The number of nitrogens with one attached hydrogen (secondary N) is 1. The molecule has 0 aliphatic carbocycles. The van der Waals surface area contributed by atoms with E-state index in [4.69, 9.17) is 5.73 Å². The third-order valence-corrected chi connectivity index (χ3v) is 3.44. The minimum Gasteiger partial charge on any atom is -0.384 e. The second-order valence-electron chi connectivity index (χ2n) is 5.20. The van der Waals surface area contributed by atoms with Gasteiger partial charge in [0, 0.05) is 24.7 Å². The van der Waals surface area contributed by atoms with Gasteiger partial charge in [0.2, 0.25) is 0 Å². The van der Waals surface area contributed by atoms with Crippen LogP contribution in [0.3, 0.4) is 0 Å². The molecule has 20 heavy (non-hydrogen) atoms. The number of nitrogens with two attached hydrogens (primary N) is 1. The molecule has 0 amide bonds. The summed E-state index contributed by atoms with van der Waals surface area (Å²) in [5, 5.41) is 4.34. The van der Waals surface area contributed by atoms with E-state index in [-0.39, 0.29) is 11.7 Å². The molecule has 3 rings (SSSR count). The van der Waals surface area contributed by atoms with Crippen LogP contribution in [-0.4, -0.2) is 19.3 Å². The van der Waals surface area contributed by atoms with E-state index in [1.54, 1.807) is 16.3 Å². The quantitative estimate of drug-likeness (QED) is 0.746. The largest absolute Gasteiger partial charge is 0.384 e. The van der Waals surface area contributed by atoms with Gasteiger partial charge in [-0.2, -0.15) is 5.10 Å². The average Bonchev–Trinajstić information content (AvgIpc) is 2.88. The van der Waals surface area contributed by atoms with E-state index < -0.39 is 0 Å². The number of anilines is 1. The summed E-state index contributed by atoms with van der Waals surface area (Å²) >= 11 is 0. The van der Waals surface area contributed by atoms with Crippen molar-refractivity contribution in [3.8, 4) is 11.3 Å². The van der Waals surface area contributed by atoms with Crippen molar-refractivity contribution in [2.24, 2.45) is 7.05 Å². The average molecular weight is 271 g/mol. The summed E-state index contributed by atoms with van der Waals surface area (Å²) < 4.78 is 3.37. The topological polar surface area (TPSA) is 81.6 Å². The minimum atomic E-state index is -0.0901. The summed E-state index contributed by atoms with van der Waals surface area (Å²) in [4.78, 5) is 14.8. The fraction of sp³-hybridized carbons (Fsp3) is 0.286. The summed E-state index contributed by atoms with van der Waals surface area (Å²) in [7, 11) is 1.80. The predicted molar refractivity (Wildman–Crippen MR) is 79.6 cm³/mol. The van der Waals surface area contributed by atoms with Gasteiger partial charge in [0.25, 0.3) is 0 Å². The summed E-state index contributed by atoms with van der Waals surface area (Å²) in [6, 6.07) is 7.76. The van der Waals surface area contributed by atoms with Crippen molar-refractivity contribution in [3.05, 3.63) is 34.7 Å². The molecule has 0 atom stereocenters. The van der Waals surface area contributed by atoms with Crippen LogP contribution >= 0.6 is 0 Å². The SMILES string of the molecule is CC(C)n1c(=O)[nH]c2cc(-c3cc(N)n(C)n3)ccc21. The van der Waals surface area contributed by atoms with Gasteiger partial charge in [-0.05, 0) is 26.0 Å². The van der Waals surface area contributed by atoms with Gasteiger partial charge in [0.15, 0.2) is 0 Å². The van der Waals surface area contributed by atoms with Crippen molar-refractivity contribution in [3.63, 3.8) is 0 Å². The van der Waals surface area contributed by atoms with E-state index in [1.807, 2.05) is 38.1 Å². The molecule has 104 valence electrons. The van der Waals surface area contributed by atoms with E-state index in [9.17, 15) is 4.79 Å². The van der Waals surface area contributed by atoms with Gasteiger partial charge in [-0.25, -0.2) is 4.79 Å². The van der Waals surface area contributed by atoms with Crippen molar-refractivity contribution in [2.45, 2.75) is 19.9 Å². The molecule has 1 aromatic carbocycles. The van der Waals surface area contributed by atoms with Gasteiger partial charge >= 0.3 is 5.69 Å².